The van der Waals surface area contributed by atoms with Crippen molar-refractivity contribution in [3.8, 4) is 34.4 Å². The predicted molar refractivity (Wildman–Crippen MR) is 258 cm³/mol. The number of aliphatic carboxylic acids is 2. The van der Waals surface area contributed by atoms with Crippen LogP contribution in [0.15, 0.2) is 97.1 Å². The van der Waals surface area contributed by atoms with E-state index in [-0.39, 0.29) is 57.3 Å². The van der Waals surface area contributed by atoms with Crippen LogP contribution < -0.4 is 0 Å². The topological polar surface area (TPSA) is 254 Å². The highest BCUT2D eigenvalue weighted by Crippen LogP contribution is 2.45. The Labute approximate surface area is 412 Å². The van der Waals surface area contributed by atoms with Crippen LogP contribution in [-0.2, 0) is 38.1 Å². The van der Waals surface area contributed by atoms with Gasteiger partial charge in [0, 0.05) is 51.1 Å². The van der Waals surface area contributed by atoms with E-state index < -0.39 is 60.4 Å². The lowest BCUT2D eigenvalue weighted by Gasteiger charge is -2.25. The van der Waals surface area contributed by atoms with Crippen LogP contribution >= 0.6 is 11.6 Å². The minimum absolute atomic E-state index is 0.00579. The molecule has 0 saturated heterocycles. The van der Waals surface area contributed by atoms with Crippen molar-refractivity contribution >= 4 is 47.7 Å². The summed E-state index contributed by atoms with van der Waals surface area (Å²) in [6.07, 6.45) is -3.78. The van der Waals surface area contributed by atoms with E-state index in [2.05, 4.69) is 12.1 Å². The smallest absolute Gasteiger partial charge is 0.410 e. The highest BCUT2D eigenvalue weighted by molar-refractivity contribution is 6.17. The Morgan fingerprint density at radius 2 is 0.957 bits per heavy atom. The van der Waals surface area contributed by atoms with Gasteiger partial charge in [-0.15, -0.1) is 11.6 Å². The molecular weight excluding hydrogens is 924 g/mol. The summed E-state index contributed by atoms with van der Waals surface area (Å²) in [5, 5.41) is 42.3. The number of carboxylic acids is 2. The third-order valence-corrected chi connectivity index (χ3v) is 11.2. The van der Waals surface area contributed by atoms with Gasteiger partial charge in [-0.2, -0.15) is 10.5 Å². The SMILES string of the molecule is CCCl.CCOC(=O)[C@H](CCC#N)OC(=O)[C@H](C)N(C)C(=O)OCC1c2ccccc2-c2ccccc21.C[C@@H](C(=O)O)N(C)C(=O)OCC1c2ccccc2-c2ccccc21.N#CCC[C@@H](O)C(=O)O. The van der Waals surface area contributed by atoms with Gasteiger partial charge in [-0.1, -0.05) is 104 Å². The fraction of sp³-hybridized carbons (Fsp3) is 0.385. The Kier molecular flexibility index (Phi) is 23.4. The van der Waals surface area contributed by atoms with Crippen molar-refractivity contribution in [3.63, 3.8) is 0 Å². The van der Waals surface area contributed by atoms with Gasteiger partial charge in [0.05, 0.1) is 18.7 Å². The van der Waals surface area contributed by atoms with E-state index in [0.717, 1.165) is 60.2 Å². The number of carbonyl (C=O) groups excluding carboxylic acids is 4. The molecule has 18 heteroatoms. The minimum Gasteiger partial charge on any atom is -0.480 e. The Morgan fingerprint density at radius 1 is 0.600 bits per heavy atom. The van der Waals surface area contributed by atoms with Gasteiger partial charge in [0.15, 0.2) is 12.2 Å². The lowest BCUT2D eigenvalue weighted by molar-refractivity contribution is -0.170. The fourth-order valence-corrected chi connectivity index (χ4v) is 7.25. The molecule has 0 aliphatic heterocycles. The first-order valence-electron chi connectivity index (χ1n) is 22.4. The Balaban J connectivity index is 0.000000311. The number of alkyl halides is 1. The molecule has 0 spiro atoms. The molecular formula is C52H59ClN4O13. The van der Waals surface area contributed by atoms with Gasteiger partial charge in [0.2, 0.25) is 0 Å². The number of aliphatic hydroxyl groups excluding tert-OH is 1. The summed E-state index contributed by atoms with van der Waals surface area (Å²) < 4.78 is 21.1. The highest BCUT2D eigenvalue weighted by atomic mass is 35.5. The summed E-state index contributed by atoms with van der Waals surface area (Å²) in [5.74, 6) is -3.26. The van der Waals surface area contributed by atoms with Gasteiger partial charge in [-0.05, 0) is 71.7 Å². The number of likely N-dealkylation sites (N-methyl/N-ethyl adjacent to an activating group) is 2. The molecule has 372 valence electrons. The number of halogens is 1. The Hall–Kier alpha value is -7.47. The van der Waals surface area contributed by atoms with Crippen molar-refractivity contribution < 1.29 is 63.0 Å². The van der Waals surface area contributed by atoms with Crippen molar-refractivity contribution in [1.29, 1.82) is 10.5 Å². The summed E-state index contributed by atoms with van der Waals surface area (Å²) in [6.45, 7) is 6.88. The zero-order valence-corrected chi connectivity index (χ0v) is 40.7. The van der Waals surface area contributed by atoms with Gasteiger partial charge >= 0.3 is 36.1 Å². The van der Waals surface area contributed by atoms with E-state index in [4.69, 9.17) is 56.4 Å². The molecule has 2 aliphatic rings. The van der Waals surface area contributed by atoms with Crippen LogP contribution in [0.5, 0.6) is 0 Å². The van der Waals surface area contributed by atoms with Gasteiger partial charge in [0.25, 0.3) is 0 Å². The van der Waals surface area contributed by atoms with E-state index in [9.17, 15) is 28.8 Å². The summed E-state index contributed by atoms with van der Waals surface area (Å²) in [7, 11) is 2.86. The zero-order valence-electron chi connectivity index (χ0n) is 39.9. The van der Waals surface area contributed by atoms with Gasteiger partial charge in [0.1, 0.15) is 25.3 Å². The van der Waals surface area contributed by atoms with Crippen LogP contribution in [0.25, 0.3) is 22.3 Å². The first kappa shape index (κ1) is 56.9. The van der Waals surface area contributed by atoms with E-state index in [0.29, 0.717) is 0 Å². The van der Waals surface area contributed by atoms with Crippen LogP contribution in [0, 0.1) is 22.7 Å². The molecule has 4 atom stereocenters. The normalized spacial score (nSPS) is 13.1. The highest BCUT2D eigenvalue weighted by Gasteiger charge is 2.34. The van der Waals surface area contributed by atoms with E-state index in [1.165, 1.54) is 27.9 Å². The first-order valence-corrected chi connectivity index (χ1v) is 23.0. The maximum Gasteiger partial charge on any atom is 0.410 e. The number of hydrogen-bond acceptors (Lipinski definition) is 13. The van der Waals surface area contributed by atoms with Crippen LogP contribution in [0.4, 0.5) is 9.59 Å². The van der Waals surface area contributed by atoms with E-state index in [1.54, 1.807) is 13.0 Å². The maximum absolute atomic E-state index is 12.7. The molecule has 70 heavy (non-hydrogen) atoms. The predicted octanol–water partition coefficient (Wildman–Crippen LogP) is 8.36. The van der Waals surface area contributed by atoms with Gasteiger partial charge < -0.3 is 34.3 Å². The number of aliphatic hydroxyl groups is 1. The second-order valence-electron chi connectivity index (χ2n) is 15.7. The van der Waals surface area contributed by atoms with Crippen molar-refractivity contribution in [3.05, 3.63) is 119 Å². The number of carboxylic acid groups (broad SMARTS) is 2. The Bertz CT molecular complexity index is 2410. The molecule has 0 heterocycles. The summed E-state index contributed by atoms with van der Waals surface area (Å²) in [5.41, 5.74) is 8.96. The summed E-state index contributed by atoms with van der Waals surface area (Å²) in [4.78, 5) is 72.5. The molecule has 0 fully saturated rings. The summed E-state index contributed by atoms with van der Waals surface area (Å²) >= 11 is 5.00. The second-order valence-corrected chi connectivity index (χ2v) is 16.2. The van der Waals surface area contributed by atoms with Crippen LogP contribution in [0.1, 0.15) is 87.5 Å². The third kappa shape index (κ3) is 15.5. The van der Waals surface area contributed by atoms with Crippen molar-refractivity contribution in [2.75, 3.05) is 39.8 Å². The number of nitrogens with zero attached hydrogens (tertiary/aromatic N) is 4. The average Bonchev–Trinajstić information content (AvgIpc) is 3.86. The molecule has 3 N–H and O–H groups in total. The second kappa shape index (κ2) is 28.8. The molecule has 17 nitrogen and oxygen atoms in total. The molecule has 6 rings (SSSR count). The molecule has 0 saturated carbocycles. The zero-order chi connectivity index (χ0) is 51.9. The molecule has 0 radical (unpaired) electrons. The average molecular weight is 984 g/mol. The quantitative estimate of drug-likeness (QED) is 0.0542. The number of ether oxygens (including phenoxy) is 4. The number of hydrogen-bond donors (Lipinski definition) is 3. The molecule has 0 unspecified atom stereocenters. The standard InChI is InChI=1S/C26H28N2O6.C19H19NO4.C5H7NO3.C2H5Cl/c1-4-32-25(30)23(14-9-15-27)34-24(29)17(2)28(3)26(31)33-16-22-20-12-7-5-10-18(20)19-11-6-8-13-21(19)22;1-12(18(21)22)20(2)19(23)24-11-17-15-9-5-3-7-13(15)14-8-4-6-10-16(14)17;6-3-1-2-4(7)5(8)9;1-2-3/h5-8,10-13,17,22-23H,4,9,14,16H2,1-3H3;3-10,12,17H,11H2,1-2H3,(H,21,22);4,7H,1-2H2,(H,8,9);2H2,1H3/t17-,23-;12-;4-;/m001./s1. The fourth-order valence-electron chi connectivity index (χ4n) is 7.25. The van der Waals surface area contributed by atoms with Crippen LogP contribution in [-0.4, -0.2) is 125 Å². The van der Waals surface area contributed by atoms with Crippen molar-refractivity contribution in [2.45, 2.75) is 89.5 Å². The molecule has 4 aromatic rings. The minimum atomic E-state index is -1.38. The number of esters is 2. The van der Waals surface area contributed by atoms with Gasteiger partial charge in [-0.25, -0.2) is 28.8 Å². The molecule has 2 amide bonds. The van der Waals surface area contributed by atoms with Crippen molar-refractivity contribution in [2.24, 2.45) is 0 Å². The van der Waals surface area contributed by atoms with Crippen LogP contribution in [0.2, 0.25) is 0 Å². The number of fused-ring (bicyclic) bond motifs is 6. The van der Waals surface area contributed by atoms with Crippen molar-refractivity contribution in [1.82, 2.24) is 9.80 Å². The van der Waals surface area contributed by atoms with Gasteiger partial charge in [-0.3, -0.25) is 9.80 Å². The number of carbonyl (C=O) groups is 6. The molecule has 4 aromatic carbocycles. The monoisotopic (exact) mass is 982 g/mol. The lowest BCUT2D eigenvalue weighted by Crippen LogP contribution is -2.44. The number of nitriles is 2. The number of amides is 2. The molecule has 0 bridgehead atoms. The van der Waals surface area contributed by atoms with Crippen LogP contribution in [0.3, 0.4) is 0 Å². The third-order valence-electron chi connectivity index (χ3n) is 11.2. The lowest BCUT2D eigenvalue weighted by atomic mass is 9.98. The summed E-state index contributed by atoms with van der Waals surface area (Å²) in [6, 6.07) is 33.8. The first-order chi connectivity index (χ1) is 33.5. The number of benzene rings is 4. The maximum atomic E-state index is 12.7. The molecule has 2 aliphatic carbocycles. The number of rotatable bonds is 16. The molecule has 0 aromatic heterocycles. The Morgan fingerprint density at radius 3 is 1.30 bits per heavy atom. The largest absolute Gasteiger partial charge is 0.480 e. The van der Waals surface area contributed by atoms with E-state index in [1.807, 2.05) is 97.9 Å². The van der Waals surface area contributed by atoms with E-state index >= 15 is 0 Å².